The summed E-state index contributed by atoms with van der Waals surface area (Å²) in [6.07, 6.45) is 1.43. The van der Waals surface area contributed by atoms with Crippen LogP contribution in [0.15, 0.2) is 24.5 Å². The zero-order chi connectivity index (χ0) is 12.3. The van der Waals surface area contributed by atoms with Gasteiger partial charge in [0.2, 0.25) is 0 Å². The summed E-state index contributed by atoms with van der Waals surface area (Å²) < 4.78 is 20.0. The highest BCUT2D eigenvalue weighted by Gasteiger charge is 2.07. The van der Waals surface area contributed by atoms with Crippen molar-refractivity contribution in [3.63, 3.8) is 0 Å². The Morgan fingerprint density at radius 3 is 2.94 bits per heavy atom. The van der Waals surface area contributed by atoms with E-state index in [0.29, 0.717) is 17.1 Å². The van der Waals surface area contributed by atoms with E-state index in [9.17, 15) is 4.39 Å². The minimum Gasteiger partial charge on any atom is -0.485 e. The van der Waals surface area contributed by atoms with Gasteiger partial charge >= 0.3 is 0 Å². The van der Waals surface area contributed by atoms with Crippen LogP contribution in [-0.4, -0.2) is 19.9 Å². The molecule has 0 bridgehead atoms. The Labute approximate surface area is 97.5 Å². The SMILES string of the molecule is Cn1ncnc1COc1ccc(F)cc1CO. The first-order chi connectivity index (χ1) is 8.20. The van der Waals surface area contributed by atoms with Gasteiger partial charge in [0, 0.05) is 12.6 Å². The molecule has 1 heterocycles. The standard InChI is InChI=1S/C11H12FN3O2/c1-15-11(13-7-14-15)6-17-10-3-2-9(12)4-8(10)5-16/h2-4,7,16H,5-6H2,1H3. The second kappa shape index (κ2) is 4.92. The summed E-state index contributed by atoms with van der Waals surface area (Å²) in [5, 5.41) is 13.0. The van der Waals surface area contributed by atoms with Crippen LogP contribution in [0.5, 0.6) is 5.75 Å². The highest BCUT2D eigenvalue weighted by atomic mass is 19.1. The lowest BCUT2D eigenvalue weighted by molar-refractivity contribution is 0.252. The molecular weight excluding hydrogens is 225 g/mol. The number of rotatable bonds is 4. The lowest BCUT2D eigenvalue weighted by Crippen LogP contribution is -2.05. The Bertz CT molecular complexity index is 513. The summed E-state index contributed by atoms with van der Waals surface area (Å²) in [4.78, 5) is 3.99. The van der Waals surface area contributed by atoms with Crippen molar-refractivity contribution in [1.29, 1.82) is 0 Å². The minimum atomic E-state index is -0.403. The van der Waals surface area contributed by atoms with Gasteiger partial charge in [0.15, 0.2) is 5.82 Å². The number of aliphatic hydroxyl groups excluding tert-OH is 1. The van der Waals surface area contributed by atoms with Gasteiger partial charge in [-0.2, -0.15) is 5.10 Å². The van der Waals surface area contributed by atoms with Gasteiger partial charge in [0.1, 0.15) is 24.5 Å². The molecule has 0 unspecified atom stereocenters. The van der Waals surface area contributed by atoms with E-state index in [1.807, 2.05) is 0 Å². The zero-order valence-corrected chi connectivity index (χ0v) is 9.30. The normalized spacial score (nSPS) is 10.5. The van der Waals surface area contributed by atoms with Gasteiger partial charge in [0.25, 0.3) is 0 Å². The molecule has 0 fully saturated rings. The third kappa shape index (κ3) is 2.59. The first-order valence-electron chi connectivity index (χ1n) is 5.05. The Morgan fingerprint density at radius 1 is 1.47 bits per heavy atom. The van der Waals surface area contributed by atoms with E-state index in [1.165, 1.54) is 24.5 Å². The molecule has 0 aliphatic rings. The molecule has 0 atom stereocenters. The molecule has 17 heavy (non-hydrogen) atoms. The maximum Gasteiger partial charge on any atom is 0.164 e. The topological polar surface area (TPSA) is 60.2 Å². The monoisotopic (exact) mass is 237 g/mol. The predicted molar refractivity (Wildman–Crippen MR) is 57.7 cm³/mol. The average molecular weight is 237 g/mol. The largest absolute Gasteiger partial charge is 0.485 e. The molecule has 5 nitrogen and oxygen atoms in total. The molecule has 90 valence electrons. The molecule has 0 aliphatic heterocycles. The van der Waals surface area contributed by atoms with E-state index in [0.717, 1.165) is 0 Å². The van der Waals surface area contributed by atoms with E-state index in [4.69, 9.17) is 9.84 Å². The molecule has 2 rings (SSSR count). The van der Waals surface area contributed by atoms with Crippen LogP contribution in [-0.2, 0) is 20.3 Å². The number of aliphatic hydroxyl groups is 1. The van der Waals surface area contributed by atoms with Crippen molar-refractivity contribution in [1.82, 2.24) is 14.8 Å². The van der Waals surface area contributed by atoms with Crippen LogP contribution in [0.3, 0.4) is 0 Å². The minimum absolute atomic E-state index is 0.217. The third-order valence-corrected chi connectivity index (χ3v) is 2.35. The molecule has 1 aromatic carbocycles. The molecular formula is C11H12FN3O2. The lowest BCUT2D eigenvalue weighted by Gasteiger charge is -2.09. The van der Waals surface area contributed by atoms with Crippen LogP contribution in [0.1, 0.15) is 11.4 Å². The van der Waals surface area contributed by atoms with Crippen molar-refractivity contribution in [3.05, 3.63) is 41.7 Å². The highest BCUT2D eigenvalue weighted by Crippen LogP contribution is 2.20. The summed E-state index contributed by atoms with van der Waals surface area (Å²) >= 11 is 0. The fourth-order valence-electron chi connectivity index (χ4n) is 1.41. The van der Waals surface area contributed by atoms with Crippen LogP contribution in [0, 0.1) is 5.82 Å². The lowest BCUT2D eigenvalue weighted by atomic mass is 10.2. The summed E-state index contributed by atoms with van der Waals surface area (Å²) in [6, 6.07) is 4.01. The quantitative estimate of drug-likeness (QED) is 0.862. The number of aryl methyl sites for hydroxylation is 1. The molecule has 6 heteroatoms. The number of ether oxygens (including phenoxy) is 1. The molecule has 0 saturated heterocycles. The smallest absolute Gasteiger partial charge is 0.164 e. The number of hydrogen-bond donors (Lipinski definition) is 1. The van der Waals surface area contributed by atoms with E-state index in [-0.39, 0.29) is 13.2 Å². The Balaban J connectivity index is 2.11. The Kier molecular flexibility index (Phi) is 3.34. The average Bonchev–Trinajstić information content (AvgIpc) is 2.73. The van der Waals surface area contributed by atoms with Crippen LogP contribution >= 0.6 is 0 Å². The number of aromatic nitrogens is 3. The number of benzene rings is 1. The van der Waals surface area contributed by atoms with E-state index in [2.05, 4.69) is 10.1 Å². The van der Waals surface area contributed by atoms with Crippen LogP contribution in [0.2, 0.25) is 0 Å². The first kappa shape index (κ1) is 11.5. The molecule has 0 amide bonds. The Morgan fingerprint density at radius 2 is 2.29 bits per heavy atom. The van der Waals surface area contributed by atoms with E-state index >= 15 is 0 Å². The maximum atomic E-state index is 12.9. The predicted octanol–water partition coefficient (Wildman–Crippen LogP) is 1.03. The van der Waals surface area contributed by atoms with Gasteiger partial charge in [-0.15, -0.1) is 0 Å². The van der Waals surface area contributed by atoms with Crippen molar-refractivity contribution in [2.24, 2.45) is 7.05 Å². The second-order valence-electron chi connectivity index (χ2n) is 3.50. The second-order valence-corrected chi connectivity index (χ2v) is 3.50. The van der Waals surface area contributed by atoms with Crippen molar-refractivity contribution in [2.45, 2.75) is 13.2 Å². The molecule has 1 N–H and O–H groups in total. The van der Waals surface area contributed by atoms with Crippen molar-refractivity contribution < 1.29 is 14.2 Å². The van der Waals surface area contributed by atoms with Gasteiger partial charge in [-0.25, -0.2) is 9.37 Å². The Hall–Kier alpha value is -1.95. The molecule has 0 saturated carbocycles. The fourth-order valence-corrected chi connectivity index (χ4v) is 1.41. The summed E-state index contributed by atoms with van der Waals surface area (Å²) in [5.41, 5.74) is 0.409. The number of hydrogen-bond acceptors (Lipinski definition) is 4. The zero-order valence-electron chi connectivity index (χ0n) is 9.30. The third-order valence-electron chi connectivity index (χ3n) is 2.35. The summed E-state index contributed by atoms with van der Waals surface area (Å²) in [7, 11) is 1.75. The van der Waals surface area contributed by atoms with Crippen molar-refractivity contribution in [3.8, 4) is 5.75 Å². The van der Waals surface area contributed by atoms with E-state index in [1.54, 1.807) is 11.7 Å². The van der Waals surface area contributed by atoms with Gasteiger partial charge in [0.05, 0.1) is 6.61 Å². The molecule has 2 aromatic rings. The molecule has 0 aliphatic carbocycles. The van der Waals surface area contributed by atoms with Gasteiger partial charge < -0.3 is 9.84 Å². The van der Waals surface area contributed by atoms with Gasteiger partial charge in [-0.05, 0) is 18.2 Å². The maximum absolute atomic E-state index is 12.9. The molecule has 0 radical (unpaired) electrons. The number of nitrogens with zero attached hydrogens (tertiary/aromatic N) is 3. The molecule has 1 aromatic heterocycles. The fraction of sp³-hybridized carbons (Fsp3) is 0.273. The summed E-state index contributed by atoms with van der Waals surface area (Å²) in [5.74, 6) is 0.690. The highest BCUT2D eigenvalue weighted by molar-refractivity contribution is 5.33. The molecule has 0 spiro atoms. The summed E-state index contributed by atoms with van der Waals surface area (Å²) in [6.45, 7) is -0.0545. The van der Waals surface area contributed by atoms with Gasteiger partial charge in [-0.3, -0.25) is 4.68 Å². The van der Waals surface area contributed by atoms with Crippen molar-refractivity contribution >= 4 is 0 Å². The first-order valence-corrected chi connectivity index (χ1v) is 5.05. The number of halogens is 1. The van der Waals surface area contributed by atoms with Crippen molar-refractivity contribution in [2.75, 3.05) is 0 Å². The van der Waals surface area contributed by atoms with Crippen LogP contribution < -0.4 is 4.74 Å². The van der Waals surface area contributed by atoms with Crippen LogP contribution in [0.4, 0.5) is 4.39 Å². The van der Waals surface area contributed by atoms with Crippen LogP contribution in [0.25, 0.3) is 0 Å². The van der Waals surface area contributed by atoms with Gasteiger partial charge in [-0.1, -0.05) is 0 Å². The van der Waals surface area contributed by atoms with E-state index < -0.39 is 5.82 Å².